The highest BCUT2D eigenvalue weighted by atomic mass is 35.5. The van der Waals surface area contributed by atoms with Crippen molar-refractivity contribution in [3.63, 3.8) is 0 Å². The van der Waals surface area contributed by atoms with E-state index in [9.17, 15) is 0 Å². The first-order valence-corrected chi connectivity index (χ1v) is 6.68. The van der Waals surface area contributed by atoms with E-state index in [0.717, 1.165) is 18.5 Å². The lowest BCUT2D eigenvalue weighted by molar-refractivity contribution is 0.0939. The van der Waals surface area contributed by atoms with Crippen LogP contribution in [0.25, 0.3) is 0 Å². The summed E-state index contributed by atoms with van der Waals surface area (Å²) in [5.41, 5.74) is 1.25. The van der Waals surface area contributed by atoms with Crippen molar-refractivity contribution in [1.82, 2.24) is 10.2 Å². The third-order valence-corrected chi connectivity index (χ3v) is 3.68. The molecule has 0 amide bonds. The summed E-state index contributed by atoms with van der Waals surface area (Å²) in [6.45, 7) is 4.64. The zero-order valence-corrected chi connectivity index (χ0v) is 11.2. The molecule has 0 unspecified atom stereocenters. The predicted molar refractivity (Wildman–Crippen MR) is 68.3 cm³/mol. The Bertz CT molecular complexity index is 354. The molecule has 0 bridgehead atoms. The molecule has 2 rings (SSSR count). The number of hydrogen-bond acceptors (Lipinski definition) is 3. The van der Waals surface area contributed by atoms with Crippen LogP contribution < -0.4 is 4.74 Å². The molecule has 94 valence electrons. The number of ether oxygens (including phenoxy) is 1. The summed E-state index contributed by atoms with van der Waals surface area (Å²) in [6, 6.07) is 3.71. The number of nitrogens with zero attached hydrogens (tertiary/aromatic N) is 2. The fourth-order valence-corrected chi connectivity index (χ4v) is 2.29. The van der Waals surface area contributed by atoms with Gasteiger partial charge in [-0.05, 0) is 37.2 Å². The lowest BCUT2D eigenvalue weighted by atomic mass is 9.76. The Balaban J connectivity index is 1.89. The summed E-state index contributed by atoms with van der Waals surface area (Å²) in [5.74, 6) is 1.01. The van der Waals surface area contributed by atoms with Gasteiger partial charge in [-0.1, -0.05) is 13.8 Å². The Labute approximate surface area is 108 Å². The van der Waals surface area contributed by atoms with Crippen molar-refractivity contribution >= 4 is 11.6 Å². The minimum atomic E-state index is 0.291. The van der Waals surface area contributed by atoms with E-state index in [4.69, 9.17) is 16.3 Å². The molecule has 0 aromatic carbocycles. The molecule has 1 fully saturated rings. The monoisotopic (exact) mass is 254 g/mol. The fraction of sp³-hybridized carbons (Fsp3) is 0.692. The van der Waals surface area contributed by atoms with Gasteiger partial charge in [-0.2, -0.15) is 5.10 Å². The SMILES string of the molecule is CC1(C)CCC(Oc2ccc(CCl)nn2)CC1. The molecule has 1 aromatic rings. The van der Waals surface area contributed by atoms with Gasteiger partial charge in [0.15, 0.2) is 0 Å². The van der Waals surface area contributed by atoms with Crippen LogP contribution in [0.3, 0.4) is 0 Å². The van der Waals surface area contributed by atoms with E-state index in [-0.39, 0.29) is 0 Å². The third kappa shape index (κ3) is 3.56. The molecule has 3 nitrogen and oxygen atoms in total. The van der Waals surface area contributed by atoms with E-state index < -0.39 is 0 Å². The average molecular weight is 255 g/mol. The van der Waals surface area contributed by atoms with Crippen molar-refractivity contribution in [1.29, 1.82) is 0 Å². The van der Waals surface area contributed by atoms with Crippen LogP contribution >= 0.6 is 11.6 Å². The van der Waals surface area contributed by atoms with Crippen LogP contribution in [0.5, 0.6) is 5.88 Å². The Morgan fingerprint density at radius 3 is 2.53 bits per heavy atom. The lowest BCUT2D eigenvalue weighted by Gasteiger charge is -2.33. The number of halogens is 1. The molecule has 1 heterocycles. The van der Waals surface area contributed by atoms with Crippen molar-refractivity contribution < 1.29 is 4.74 Å². The van der Waals surface area contributed by atoms with Crippen molar-refractivity contribution in [3.05, 3.63) is 17.8 Å². The second-order valence-corrected chi connectivity index (χ2v) is 5.75. The molecule has 1 aliphatic carbocycles. The highest BCUT2D eigenvalue weighted by molar-refractivity contribution is 6.16. The van der Waals surface area contributed by atoms with Gasteiger partial charge < -0.3 is 4.74 Å². The maximum atomic E-state index is 5.83. The van der Waals surface area contributed by atoms with E-state index in [2.05, 4.69) is 24.0 Å². The highest BCUT2D eigenvalue weighted by Gasteiger charge is 2.27. The van der Waals surface area contributed by atoms with Crippen molar-refractivity contribution in [3.8, 4) is 5.88 Å². The van der Waals surface area contributed by atoms with Crippen LogP contribution in [0.1, 0.15) is 45.2 Å². The molecule has 1 aliphatic rings. The second kappa shape index (κ2) is 5.21. The number of alkyl halides is 1. The smallest absolute Gasteiger partial charge is 0.233 e. The number of aromatic nitrogens is 2. The van der Waals surface area contributed by atoms with Crippen LogP contribution in [0.2, 0.25) is 0 Å². The zero-order chi connectivity index (χ0) is 12.3. The van der Waals surface area contributed by atoms with Gasteiger partial charge in [0.25, 0.3) is 0 Å². The summed E-state index contributed by atoms with van der Waals surface area (Å²) in [7, 11) is 0. The van der Waals surface area contributed by atoms with E-state index in [1.165, 1.54) is 12.8 Å². The fourth-order valence-electron chi connectivity index (χ4n) is 2.14. The van der Waals surface area contributed by atoms with Crippen molar-refractivity contribution in [2.75, 3.05) is 0 Å². The Hall–Kier alpha value is -0.830. The quantitative estimate of drug-likeness (QED) is 0.774. The molecule has 0 aliphatic heterocycles. The van der Waals surface area contributed by atoms with Gasteiger partial charge >= 0.3 is 0 Å². The molecular weight excluding hydrogens is 236 g/mol. The van der Waals surface area contributed by atoms with Gasteiger partial charge in [0.1, 0.15) is 6.10 Å². The van der Waals surface area contributed by atoms with Crippen molar-refractivity contribution in [2.45, 2.75) is 51.5 Å². The van der Waals surface area contributed by atoms with Gasteiger partial charge in [-0.3, -0.25) is 0 Å². The Morgan fingerprint density at radius 2 is 2.00 bits per heavy atom. The maximum absolute atomic E-state index is 5.83. The summed E-state index contributed by atoms with van der Waals surface area (Å²) in [6.07, 6.45) is 4.92. The first-order valence-electron chi connectivity index (χ1n) is 6.14. The number of rotatable bonds is 3. The van der Waals surface area contributed by atoms with Crippen LogP contribution in [0.4, 0.5) is 0 Å². The Morgan fingerprint density at radius 1 is 1.29 bits per heavy atom. The standard InChI is InChI=1S/C13H19ClN2O/c1-13(2)7-5-11(6-8-13)17-12-4-3-10(9-14)15-16-12/h3-4,11H,5-9H2,1-2H3. The molecule has 0 N–H and O–H groups in total. The first-order chi connectivity index (χ1) is 8.09. The molecule has 0 saturated heterocycles. The molecule has 0 atom stereocenters. The van der Waals surface area contributed by atoms with Gasteiger partial charge in [-0.15, -0.1) is 16.7 Å². The van der Waals surface area contributed by atoms with Gasteiger partial charge in [-0.25, -0.2) is 0 Å². The van der Waals surface area contributed by atoms with Crippen molar-refractivity contribution in [2.24, 2.45) is 5.41 Å². The van der Waals surface area contributed by atoms with Gasteiger partial charge in [0.2, 0.25) is 5.88 Å². The zero-order valence-electron chi connectivity index (χ0n) is 10.4. The third-order valence-electron chi connectivity index (χ3n) is 3.41. The average Bonchev–Trinajstić information content (AvgIpc) is 2.33. The van der Waals surface area contributed by atoms with E-state index in [1.54, 1.807) is 0 Å². The van der Waals surface area contributed by atoms with E-state index in [1.807, 2.05) is 12.1 Å². The Kier molecular flexibility index (Phi) is 3.87. The molecule has 1 saturated carbocycles. The van der Waals surface area contributed by atoms with Gasteiger partial charge in [0.05, 0.1) is 11.6 Å². The molecule has 17 heavy (non-hydrogen) atoms. The predicted octanol–water partition coefficient (Wildman–Crippen LogP) is 3.56. The molecule has 0 spiro atoms. The van der Waals surface area contributed by atoms with Crippen LogP contribution in [-0.4, -0.2) is 16.3 Å². The highest BCUT2D eigenvalue weighted by Crippen LogP contribution is 2.36. The summed E-state index contributed by atoms with van der Waals surface area (Å²) in [4.78, 5) is 0. The molecule has 4 heteroatoms. The second-order valence-electron chi connectivity index (χ2n) is 5.48. The minimum absolute atomic E-state index is 0.291. The maximum Gasteiger partial charge on any atom is 0.233 e. The summed E-state index contributed by atoms with van der Waals surface area (Å²) >= 11 is 5.66. The van der Waals surface area contributed by atoms with Gasteiger partial charge in [0, 0.05) is 6.07 Å². The lowest BCUT2D eigenvalue weighted by Crippen LogP contribution is -2.28. The van der Waals surface area contributed by atoms with Crippen LogP contribution in [0.15, 0.2) is 12.1 Å². The van der Waals surface area contributed by atoms with Crippen LogP contribution in [0, 0.1) is 5.41 Å². The largest absolute Gasteiger partial charge is 0.473 e. The summed E-state index contributed by atoms with van der Waals surface area (Å²) < 4.78 is 5.83. The molecule has 0 radical (unpaired) electrons. The van der Waals surface area contributed by atoms with E-state index >= 15 is 0 Å². The molecule has 1 aromatic heterocycles. The molecular formula is C13H19ClN2O. The van der Waals surface area contributed by atoms with Crippen LogP contribution in [-0.2, 0) is 5.88 Å². The topological polar surface area (TPSA) is 35.0 Å². The first kappa shape index (κ1) is 12.6. The van der Waals surface area contributed by atoms with E-state index in [0.29, 0.717) is 23.3 Å². The number of hydrogen-bond donors (Lipinski definition) is 0. The minimum Gasteiger partial charge on any atom is -0.473 e. The normalized spacial score (nSPS) is 20.2. The summed E-state index contributed by atoms with van der Waals surface area (Å²) in [5, 5.41) is 8.01.